The number of imidazole rings is 1. The average Bonchev–Trinajstić information content (AvgIpc) is 3.17. The highest BCUT2D eigenvalue weighted by molar-refractivity contribution is 5.94. The van der Waals surface area contributed by atoms with Gasteiger partial charge in [0.25, 0.3) is 5.91 Å². The Morgan fingerprint density at radius 2 is 2.24 bits per heavy atom. The second-order valence-electron chi connectivity index (χ2n) is 6.84. The topological polar surface area (TPSA) is 54.3 Å². The summed E-state index contributed by atoms with van der Waals surface area (Å²) in [6.45, 7) is 8.84. The van der Waals surface area contributed by atoms with Crippen LogP contribution in [0.2, 0.25) is 0 Å². The first-order valence-corrected chi connectivity index (χ1v) is 9.09. The van der Waals surface area contributed by atoms with Crippen LogP contribution in [0.4, 0.5) is 5.82 Å². The van der Waals surface area contributed by atoms with E-state index in [4.69, 9.17) is 0 Å². The molecule has 1 fully saturated rings. The molecule has 2 aromatic heterocycles. The number of carbonyl (C=O) groups excluding carboxylic acids is 1. The summed E-state index contributed by atoms with van der Waals surface area (Å²) in [5.74, 6) is 0.987. The highest BCUT2D eigenvalue weighted by Gasteiger charge is 2.25. The van der Waals surface area contributed by atoms with E-state index in [-0.39, 0.29) is 5.91 Å². The van der Waals surface area contributed by atoms with Crippen molar-refractivity contribution in [2.75, 3.05) is 24.5 Å². The van der Waals surface area contributed by atoms with Crippen LogP contribution < -0.4 is 4.90 Å². The second kappa shape index (κ2) is 7.68. The van der Waals surface area contributed by atoms with Gasteiger partial charge in [0.2, 0.25) is 0 Å². The minimum Gasteiger partial charge on any atom is -0.354 e. The van der Waals surface area contributed by atoms with Crippen molar-refractivity contribution in [1.29, 1.82) is 0 Å². The van der Waals surface area contributed by atoms with E-state index in [1.54, 1.807) is 12.4 Å². The first kappa shape index (κ1) is 17.5. The predicted octanol–water partition coefficient (Wildman–Crippen LogP) is 2.99. The lowest BCUT2D eigenvalue weighted by Gasteiger charge is -2.33. The Bertz CT molecular complexity index is 680. The van der Waals surface area contributed by atoms with Crippen LogP contribution in [0.3, 0.4) is 0 Å². The van der Waals surface area contributed by atoms with Gasteiger partial charge in [0, 0.05) is 44.3 Å². The molecular formula is C19H27N5O. The van der Waals surface area contributed by atoms with Gasteiger partial charge in [-0.25, -0.2) is 9.97 Å². The average molecular weight is 341 g/mol. The van der Waals surface area contributed by atoms with Crippen molar-refractivity contribution in [3.63, 3.8) is 0 Å². The van der Waals surface area contributed by atoms with Gasteiger partial charge in [0.05, 0.1) is 17.9 Å². The van der Waals surface area contributed by atoms with Crippen molar-refractivity contribution < 1.29 is 4.79 Å². The zero-order valence-corrected chi connectivity index (χ0v) is 15.3. The molecule has 0 bridgehead atoms. The summed E-state index contributed by atoms with van der Waals surface area (Å²) in [4.78, 5) is 25.6. The predicted molar refractivity (Wildman–Crippen MR) is 98.8 cm³/mol. The van der Waals surface area contributed by atoms with E-state index in [1.807, 2.05) is 29.6 Å². The number of hydrogen-bond donors (Lipinski definition) is 0. The van der Waals surface area contributed by atoms with Gasteiger partial charge in [-0.1, -0.05) is 0 Å². The molecule has 1 saturated heterocycles. The Kier molecular flexibility index (Phi) is 5.36. The fourth-order valence-corrected chi connectivity index (χ4v) is 3.52. The van der Waals surface area contributed by atoms with E-state index in [0.717, 1.165) is 38.3 Å². The van der Waals surface area contributed by atoms with Crippen LogP contribution in [0, 0.1) is 0 Å². The molecule has 0 unspecified atom stereocenters. The highest BCUT2D eigenvalue weighted by Crippen LogP contribution is 2.23. The number of likely N-dealkylation sites (tertiary alicyclic amines) is 1. The molecule has 0 spiro atoms. The van der Waals surface area contributed by atoms with Gasteiger partial charge >= 0.3 is 0 Å². The van der Waals surface area contributed by atoms with E-state index in [2.05, 4.69) is 40.2 Å². The fraction of sp³-hybridized carbons (Fsp3) is 0.526. The van der Waals surface area contributed by atoms with E-state index in [1.165, 1.54) is 0 Å². The van der Waals surface area contributed by atoms with Crippen molar-refractivity contribution in [3.05, 3.63) is 42.6 Å². The Balaban J connectivity index is 1.70. The Morgan fingerprint density at radius 3 is 2.84 bits per heavy atom. The molecule has 0 saturated carbocycles. The molecule has 6 heteroatoms. The molecule has 6 nitrogen and oxygen atoms in total. The van der Waals surface area contributed by atoms with Gasteiger partial charge in [-0.05, 0) is 45.7 Å². The van der Waals surface area contributed by atoms with E-state index < -0.39 is 0 Å². The van der Waals surface area contributed by atoms with Crippen molar-refractivity contribution in [2.24, 2.45) is 0 Å². The van der Waals surface area contributed by atoms with Crippen molar-refractivity contribution in [2.45, 2.75) is 45.7 Å². The number of nitrogens with zero attached hydrogens (tertiary/aromatic N) is 5. The first-order chi connectivity index (χ1) is 12.1. The minimum absolute atomic E-state index is 0.0662. The molecule has 1 amide bonds. The molecule has 134 valence electrons. The zero-order chi connectivity index (χ0) is 17.8. The van der Waals surface area contributed by atoms with Crippen molar-refractivity contribution >= 4 is 11.7 Å². The van der Waals surface area contributed by atoms with Gasteiger partial charge < -0.3 is 14.4 Å². The molecule has 0 radical (unpaired) electrons. The van der Waals surface area contributed by atoms with Crippen LogP contribution in [-0.2, 0) is 0 Å². The maximum Gasteiger partial charge on any atom is 0.255 e. The Hall–Kier alpha value is -2.37. The van der Waals surface area contributed by atoms with E-state index >= 15 is 0 Å². The number of amides is 1. The number of rotatable bonds is 5. The number of hydrogen-bond acceptors (Lipinski definition) is 4. The summed E-state index contributed by atoms with van der Waals surface area (Å²) in [5.41, 5.74) is 0.662. The van der Waals surface area contributed by atoms with Gasteiger partial charge in [-0.3, -0.25) is 4.79 Å². The van der Waals surface area contributed by atoms with Gasteiger partial charge in [0.1, 0.15) is 5.82 Å². The summed E-state index contributed by atoms with van der Waals surface area (Å²) in [7, 11) is 0. The molecule has 0 N–H and O–H groups in total. The Labute approximate surface area is 149 Å². The summed E-state index contributed by atoms with van der Waals surface area (Å²) >= 11 is 0. The summed E-state index contributed by atoms with van der Waals surface area (Å²) < 4.78 is 2.10. The van der Waals surface area contributed by atoms with Crippen LogP contribution in [0.5, 0.6) is 0 Å². The van der Waals surface area contributed by atoms with Crippen LogP contribution in [-0.4, -0.2) is 51.0 Å². The van der Waals surface area contributed by atoms with Crippen LogP contribution >= 0.6 is 0 Å². The normalized spacial score (nSPS) is 17.8. The molecule has 25 heavy (non-hydrogen) atoms. The highest BCUT2D eigenvalue weighted by atomic mass is 16.2. The summed E-state index contributed by atoms with van der Waals surface area (Å²) in [6.07, 6.45) is 9.40. The second-order valence-corrected chi connectivity index (χ2v) is 6.84. The molecule has 0 aromatic carbocycles. The van der Waals surface area contributed by atoms with Gasteiger partial charge in [-0.15, -0.1) is 0 Å². The van der Waals surface area contributed by atoms with Gasteiger partial charge in [0.15, 0.2) is 0 Å². The lowest BCUT2D eigenvalue weighted by Crippen LogP contribution is -2.40. The third-order valence-electron chi connectivity index (χ3n) is 4.88. The third-order valence-corrected chi connectivity index (χ3v) is 4.88. The monoisotopic (exact) mass is 341 g/mol. The number of piperidine rings is 1. The molecular weight excluding hydrogens is 314 g/mol. The standard InChI is InChI=1S/C19H27N5O/c1-4-24(15(2)3)18-8-7-16(12-21-18)19(25)22-10-5-6-17(13-22)23-11-9-20-14-23/h7-9,11-12,14-15,17H,4-6,10,13H2,1-3H3/t17-/m1/s1. The number of anilines is 1. The SMILES string of the molecule is CCN(c1ccc(C(=O)N2CCC[C@@H](n3ccnc3)C2)cn1)C(C)C. The summed E-state index contributed by atoms with van der Waals surface area (Å²) in [5, 5.41) is 0. The third kappa shape index (κ3) is 3.83. The van der Waals surface area contributed by atoms with Crippen LogP contribution in [0.15, 0.2) is 37.1 Å². The van der Waals surface area contributed by atoms with E-state index in [9.17, 15) is 4.79 Å². The fourth-order valence-electron chi connectivity index (χ4n) is 3.52. The number of aromatic nitrogens is 3. The molecule has 2 aromatic rings. The molecule has 1 aliphatic heterocycles. The maximum atomic E-state index is 12.8. The first-order valence-electron chi connectivity index (χ1n) is 9.09. The van der Waals surface area contributed by atoms with Crippen molar-refractivity contribution in [3.8, 4) is 0 Å². The lowest BCUT2D eigenvalue weighted by atomic mass is 10.0. The Morgan fingerprint density at radius 1 is 1.40 bits per heavy atom. The molecule has 3 rings (SSSR count). The maximum absolute atomic E-state index is 12.8. The number of pyridine rings is 1. The minimum atomic E-state index is 0.0662. The van der Waals surface area contributed by atoms with Gasteiger partial charge in [-0.2, -0.15) is 0 Å². The molecule has 0 aliphatic carbocycles. The number of carbonyl (C=O) groups is 1. The zero-order valence-electron chi connectivity index (χ0n) is 15.3. The van der Waals surface area contributed by atoms with Crippen LogP contribution in [0.1, 0.15) is 50.0 Å². The molecule has 3 heterocycles. The molecule has 1 aliphatic rings. The lowest BCUT2D eigenvalue weighted by molar-refractivity contribution is 0.0679. The quantitative estimate of drug-likeness (QED) is 0.839. The largest absolute Gasteiger partial charge is 0.354 e. The van der Waals surface area contributed by atoms with Crippen molar-refractivity contribution in [1.82, 2.24) is 19.4 Å². The smallest absolute Gasteiger partial charge is 0.255 e. The van der Waals surface area contributed by atoms with Crippen LogP contribution in [0.25, 0.3) is 0 Å². The summed E-state index contributed by atoms with van der Waals surface area (Å²) in [6, 6.07) is 4.55. The molecule has 1 atom stereocenters. The van der Waals surface area contributed by atoms with E-state index in [0.29, 0.717) is 17.6 Å².